The number of carbonyl (C=O) groups excluding carboxylic acids is 1. The molecule has 0 saturated carbocycles. The van der Waals surface area contributed by atoms with Crippen molar-refractivity contribution in [2.45, 2.75) is 13.3 Å². The monoisotopic (exact) mass is 169 g/mol. The lowest BCUT2D eigenvalue weighted by atomic mass is 10.3. The van der Waals surface area contributed by atoms with Crippen LogP contribution in [-0.2, 0) is 4.79 Å². The SMILES string of the molecule is CC(=O)NC1=CCC(CS)=C1. The van der Waals surface area contributed by atoms with Crippen LogP contribution >= 0.6 is 12.6 Å². The first-order valence-corrected chi connectivity index (χ1v) is 4.13. The van der Waals surface area contributed by atoms with Crippen LogP contribution in [0.1, 0.15) is 13.3 Å². The molecule has 0 atom stereocenters. The fraction of sp³-hybridized carbons (Fsp3) is 0.375. The summed E-state index contributed by atoms with van der Waals surface area (Å²) in [4.78, 5) is 10.6. The van der Waals surface area contributed by atoms with E-state index in [0.717, 1.165) is 17.9 Å². The maximum Gasteiger partial charge on any atom is 0.221 e. The summed E-state index contributed by atoms with van der Waals surface area (Å²) >= 11 is 4.13. The lowest BCUT2D eigenvalue weighted by molar-refractivity contribution is -0.118. The minimum atomic E-state index is -0.0204. The van der Waals surface area contributed by atoms with E-state index in [1.54, 1.807) is 0 Å². The highest BCUT2D eigenvalue weighted by molar-refractivity contribution is 7.80. The number of thiol groups is 1. The normalized spacial score (nSPS) is 15.8. The summed E-state index contributed by atoms with van der Waals surface area (Å²) in [5, 5.41) is 2.72. The molecule has 0 saturated heterocycles. The van der Waals surface area contributed by atoms with E-state index >= 15 is 0 Å². The van der Waals surface area contributed by atoms with Gasteiger partial charge in [0, 0.05) is 18.4 Å². The van der Waals surface area contributed by atoms with Gasteiger partial charge in [-0.1, -0.05) is 11.6 Å². The third-order valence-electron chi connectivity index (χ3n) is 1.47. The van der Waals surface area contributed by atoms with Gasteiger partial charge in [0.25, 0.3) is 0 Å². The van der Waals surface area contributed by atoms with E-state index in [9.17, 15) is 4.79 Å². The van der Waals surface area contributed by atoms with Crippen LogP contribution in [0.2, 0.25) is 0 Å². The Hall–Kier alpha value is -0.700. The summed E-state index contributed by atoms with van der Waals surface area (Å²) in [7, 11) is 0. The summed E-state index contributed by atoms with van der Waals surface area (Å²) in [5.74, 6) is 0.743. The van der Waals surface area contributed by atoms with Gasteiger partial charge in [0.15, 0.2) is 0 Å². The van der Waals surface area contributed by atoms with Crippen molar-refractivity contribution < 1.29 is 4.79 Å². The molecule has 0 aliphatic heterocycles. The summed E-state index contributed by atoms with van der Waals surface area (Å²) < 4.78 is 0. The maximum absolute atomic E-state index is 10.6. The number of carbonyl (C=O) groups is 1. The largest absolute Gasteiger partial charge is 0.327 e. The molecule has 1 aliphatic carbocycles. The molecule has 0 aromatic rings. The average molecular weight is 169 g/mol. The molecule has 0 aromatic heterocycles. The van der Waals surface area contributed by atoms with Gasteiger partial charge in [0.2, 0.25) is 5.91 Å². The third kappa shape index (κ3) is 2.42. The molecule has 1 rings (SSSR count). The van der Waals surface area contributed by atoms with Crippen LogP contribution < -0.4 is 5.32 Å². The van der Waals surface area contributed by atoms with E-state index in [1.165, 1.54) is 12.5 Å². The number of hydrogen-bond acceptors (Lipinski definition) is 2. The molecule has 0 radical (unpaired) electrons. The molecular weight excluding hydrogens is 158 g/mol. The molecule has 0 spiro atoms. The highest BCUT2D eigenvalue weighted by Crippen LogP contribution is 2.15. The molecule has 1 amide bonds. The van der Waals surface area contributed by atoms with E-state index in [0.29, 0.717) is 0 Å². The van der Waals surface area contributed by atoms with Gasteiger partial charge >= 0.3 is 0 Å². The van der Waals surface area contributed by atoms with Gasteiger partial charge < -0.3 is 5.32 Å². The molecule has 0 unspecified atom stereocenters. The van der Waals surface area contributed by atoms with Crippen LogP contribution in [0.25, 0.3) is 0 Å². The van der Waals surface area contributed by atoms with Crippen molar-refractivity contribution >= 4 is 18.5 Å². The summed E-state index contributed by atoms with van der Waals surface area (Å²) in [5.41, 5.74) is 2.15. The second kappa shape index (κ2) is 3.62. The van der Waals surface area contributed by atoms with E-state index < -0.39 is 0 Å². The first-order chi connectivity index (χ1) is 5.22. The Morgan fingerprint density at radius 2 is 2.55 bits per heavy atom. The van der Waals surface area contributed by atoms with E-state index in [-0.39, 0.29) is 5.91 Å². The van der Waals surface area contributed by atoms with Crippen LogP contribution in [0, 0.1) is 0 Å². The summed E-state index contributed by atoms with van der Waals surface area (Å²) in [6, 6.07) is 0. The maximum atomic E-state index is 10.6. The Morgan fingerprint density at radius 3 is 3.00 bits per heavy atom. The second-order valence-electron chi connectivity index (χ2n) is 2.51. The fourth-order valence-electron chi connectivity index (χ4n) is 0.979. The second-order valence-corrected chi connectivity index (χ2v) is 2.82. The summed E-state index contributed by atoms with van der Waals surface area (Å²) in [6.45, 7) is 1.51. The zero-order valence-corrected chi connectivity index (χ0v) is 7.32. The van der Waals surface area contributed by atoms with Crippen molar-refractivity contribution in [3.8, 4) is 0 Å². The minimum Gasteiger partial charge on any atom is -0.327 e. The van der Waals surface area contributed by atoms with E-state index in [1.807, 2.05) is 12.2 Å². The Kier molecular flexibility index (Phi) is 2.76. The van der Waals surface area contributed by atoms with Crippen molar-refractivity contribution in [2.24, 2.45) is 0 Å². The zero-order chi connectivity index (χ0) is 8.27. The van der Waals surface area contributed by atoms with E-state index in [2.05, 4.69) is 17.9 Å². The molecule has 0 aromatic carbocycles. The first kappa shape index (κ1) is 8.40. The molecular formula is C8H11NOS. The van der Waals surface area contributed by atoms with Gasteiger partial charge in [-0.3, -0.25) is 4.79 Å². The minimum absolute atomic E-state index is 0.0204. The Morgan fingerprint density at radius 1 is 1.82 bits per heavy atom. The highest BCUT2D eigenvalue weighted by atomic mass is 32.1. The topological polar surface area (TPSA) is 29.1 Å². The average Bonchev–Trinajstić information content (AvgIpc) is 2.34. The van der Waals surface area contributed by atoms with Crippen molar-refractivity contribution in [1.82, 2.24) is 5.32 Å². The number of hydrogen-bond donors (Lipinski definition) is 2. The number of rotatable bonds is 2. The van der Waals surface area contributed by atoms with Crippen molar-refractivity contribution in [2.75, 3.05) is 5.75 Å². The van der Waals surface area contributed by atoms with Crippen molar-refractivity contribution in [1.29, 1.82) is 0 Å². The molecule has 3 heteroatoms. The van der Waals surface area contributed by atoms with Gasteiger partial charge in [-0.15, -0.1) is 0 Å². The van der Waals surface area contributed by atoms with Crippen LogP contribution in [0.5, 0.6) is 0 Å². The molecule has 11 heavy (non-hydrogen) atoms. The molecule has 1 aliphatic rings. The van der Waals surface area contributed by atoms with Crippen LogP contribution in [0.15, 0.2) is 23.4 Å². The van der Waals surface area contributed by atoms with Gasteiger partial charge in [-0.25, -0.2) is 0 Å². The standard InChI is InChI=1S/C8H11NOS/c1-6(10)9-8-3-2-7(4-8)5-11/h3-4,11H,2,5H2,1H3,(H,9,10). The third-order valence-corrected chi connectivity index (χ3v) is 1.87. The van der Waals surface area contributed by atoms with Gasteiger partial charge in [0.05, 0.1) is 0 Å². The Bertz CT molecular complexity index is 230. The van der Waals surface area contributed by atoms with Crippen molar-refractivity contribution in [3.63, 3.8) is 0 Å². The predicted octanol–water partition coefficient (Wildman–Crippen LogP) is 1.27. The lowest BCUT2D eigenvalue weighted by Crippen LogP contribution is -2.16. The van der Waals surface area contributed by atoms with Crippen LogP contribution in [-0.4, -0.2) is 11.7 Å². The highest BCUT2D eigenvalue weighted by Gasteiger charge is 2.05. The number of allylic oxidation sites excluding steroid dienone is 2. The summed E-state index contributed by atoms with van der Waals surface area (Å²) in [6.07, 6.45) is 4.88. The lowest BCUT2D eigenvalue weighted by Gasteiger charge is -1.97. The smallest absolute Gasteiger partial charge is 0.221 e. The Labute approximate surface area is 71.8 Å². The van der Waals surface area contributed by atoms with Gasteiger partial charge in [-0.05, 0) is 12.5 Å². The van der Waals surface area contributed by atoms with Crippen LogP contribution in [0.3, 0.4) is 0 Å². The molecule has 1 N–H and O–H groups in total. The molecule has 0 fully saturated rings. The Balaban J connectivity index is 2.50. The molecule has 0 heterocycles. The van der Waals surface area contributed by atoms with Gasteiger partial charge in [0.1, 0.15) is 0 Å². The first-order valence-electron chi connectivity index (χ1n) is 3.50. The molecule has 2 nitrogen and oxygen atoms in total. The zero-order valence-electron chi connectivity index (χ0n) is 6.42. The molecule has 0 bridgehead atoms. The number of amides is 1. The van der Waals surface area contributed by atoms with E-state index in [4.69, 9.17) is 0 Å². The fourth-order valence-corrected chi connectivity index (χ4v) is 1.20. The molecule has 60 valence electrons. The predicted molar refractivity (Wildman–Crippen MR) is 48.5 cm³/mol. The van der Waals surface area contributed by atoms with Gasteiger partial charge in [-0.2, -0.15) is 12.6 Å². The number of nitrogens with one attached hydrogen (secondary N) is 1. The van der Waals surface area contributed by atoms with Crippen molar-refractivity contribution in [3.05, 3.63) is 23.4 Å². The quantitative estimate of drug-likeness (QED) is 0.599. The van der Waals surface area contributed by atoms with Crippen LogP contribution in [0.4, 0.5) is 0 Å².